The number of ether oxygens (including phenoxy) is 1. The average molecular weight is 420 g/mol. The maximum Gasteiger partial charge on any atom is 0.264 e. The molecule has 4 rings (SSSR count). The van der Waals surface area contributed by atoms with Crippen LogP contribution >= 0.6 is 0 Å². The second kappa shape index (κ2) is 7.76. The number of nitrogens with one attached hydrogen (secondary N) is 1. The third-order valence-corrected chi connectivity index (χ3v) is 5.98. The summed E-state index contributed by atoms with van der Waals surface area (Å²) in [7, 11) is -3.86. The summed E-state index contributed by atoms with van der Waals surface area (Å²) >= 11 is 0. The number of fused-ring (bicyclic) bond motifs is 1. The molecule has 7 heteroatoms. The molecule has 0 atom stereocenters. The third-order valence-electron chi connectivity index (χ3n) is 4.63. The molecule has 0 spiro atoms. The van der Waals surface area contributed by atoms with E-state index in [1.165, 1.54) is 12.1 Å². The Balaban J connectivity index is 1.83. The van der Waals surface area contributed by atoms with Crippen LogP contribution in [0.2, 0.25) is 0 Å². The minimum absolute atomic E-state index is 0.0388. The zero-order valence-electron chi connectivity index (χ0n) is 16.9. The molecule has 0 radical (unpaired) electrons. The highest BCUT2D eigenvalue weighted by atomic mass is 32.2. The topological polar surface area (TPSA) is 81.2 Å². The Labute approximate surface area is 175 Å². The van der Waals surface area contributed by atoms with Gasteiger partial charge in [0.25, 0.3) is 15.9 Å². The first-order chi connectivity index (χ1) is 14.3. The van der Waals surface area contributed by atoms with Crippen molar-refractivity contribution in [1.29, 1.82) is 0 Å². The molecule has 1 aromatic heterocycles. The van der Waals surface area contributed by atoms with Crippen molar-refractivity contribution in [2.24, 2.45) is 0 Å². The van der Waals surface area contributed by atoms with E-state index in [2.05, 4.69) is 14.7 Å². The largest absolute Gasteiger partial charge is 0.435 e. The molecule has 0 saturated heterocycles. The van der Waals surface area contributed by atoms with Crippen LogP contribution in [0.5, 0.6) is 11.6 Å². The molecule has 0 bridgehead atoms. The summed E-state index contributed by atoms with van der Waals surface area (Å²) in [5.41, 5.74) is 4.15. The summed E-state index contributed by atoms with van der Waals surface area (Å²) in [5.74, 6) is 0.769. The number of aryl methyl sites for hydroxylation is 3. The second-order valence-electron chi connectivity index (χ2n) is 7.11. The van der Waals surface area contributed by atoms with Gasteiger partial charge in [0, 0.05) is 0 Å². The molecule has 0 unspecified atom stereocenters. The lowest BCUT2D eigenvalue weighted by Gasteiger charge is -2.16. The molecule has 0 aliphatic carbocycles. The number of para-hydroxylation sites is 2. The van der Waals surface area contributed by atoms with Crippen molar-refractivity contribution in [3.63, 3.8) is 0 Å². The van der Waals surface area contributed by atoms with Crippen molar-refractivity contribution in [3.8, 4) is 11.6 Å². The van der Waals surface area contributed by atoms with E-state index in [1.807, 2.05) is 45.0 Å². The maximum absolute atomic E-state index is 12.9. The fourth-order valence-electron chi connectivity index (χ4n) is 3.33. The van der Waals surface area contributed by atoms with Crippen LogP contribution in [0, 0.1) is 20.8 Å². The van der Waals surface area contributed by atoms with E-state index < -0.39 is 10.0 Å². The van der Waals surface area contributed by atoms with Crippen molar-refractivity contribution in [2.45, 2.75) is 25.7 Å². The van der Waals surface area contributed by atoms with Crippen LogP contribution in [0.15, 0.2) is 71.6 Å². The number of anilines is 1. The Morgan fingerprint density at radius 1 is 0.800 bits per heavy atom. The molecule has 0 aliphatic rings. The third kappa shape index (κ3) is 3.97. The standard InChI is InChI=1S/C23H21N3O3S/c1-15-13-16(2)21(17(3)14-15)29-23-22(24-19-11-7-8-12-20(19)25-23)26-30(27,28)18-9-5-4-6-10-18/h4-14H,1-3H3,(H,24,26). The van der Waals surface area contributed by atoms with Crippen molar-refractivity contribution in [1.82, 2.24) is 9.97 Å². The van der Waals surface area contributed by atoms with Crippen molar-refractivity contribution < 1.29 is 13.2 Å². The van der Waals surface area contributed by atoms with Gasteiger partial charge >= 0.3 is 0 Å². The first-order valence-electron chi connectivity index (χ1n) is 9.44. The van der Waals surface area contributed by atoms with E-state index >= 15 is 0 Å². The SMILES string of the molecule is Cc1cc(C)c(Oc2nc3ccccc3nc2NS(=O)(=O)c2ccccc2)c(C)c1. The predicted octanol–water partition coefficient (Wildman–Crippen LogP) is 5.15. The van der Waals surface area contributed by atoms with E-state index in [0.717, 1.165) is 16.7 Å². The van der Waals surface area contributed by atoms with Crippen molar-refractivity contribution in [3.05, 3.63) is 83.4 Å². The fourth-order valence-corrected chi connectivity index (χ4v) is 4.35. The molecule has 0 aliphatic heterocycles. The van der Waals surface area contributed by atoms with Gasteiger partial charge in [-0.2, -0.15) is 0 Å². The number of rotatable bonds is 5. The van der Waals surface area contributed by atoms with Gasteiger partial charge in [-0.1, -0.05) is 48.0 Å². The second-order valence-corrected chi connectivity index (χ2v) is 8.80. The summed E-state index contributed by atoms with van der Waals surface area (Å²) < 4.78 is 34.4. The molecular weight excluding hydrogens is 398 g/mol. The van der Waals surface area contributed by atoms with Crippen LogP contribution in [-0.2, 0) is 10.0 Å². The Hall–Kier alpha value is -3.45. The number of hydrogen-bond donors (Lipinski definition) is 1. The lowest BCUT2D eigenvalue weighted by molar-refractivity contribution is 0.458. The Bertz CT molecular complexity index is 1310. The molecule has 30 heavy (non-hydrogen) atoms. The molecule has 0 amide bonds. The van der Waals surface area contributed by atoms with Crippen LogP contribution in [0.1, 0.15) is 16.7 Å². The van der Waals surface area contributed by atoms with Gasteiger partial charge in [0.05, 0.1) is 15.9 Å². The van der Waals surface area contributed by atoms with Crippen LogP contribution in [0.25, 0.3) is 11.0 Å². The maximum atomic E-state index is 12.9. The zero-order valence-corrected chi connectivity index (χ0v) is 17.7. The van der Waals surface area contributed by atoms with E-state index in [-0.39, 0.29) is 16.6 Å². The zero-order chi connectivity index (χ0) is 21.3. The monoisotopic (exact) mass is 419 g/mol. The van der Waals surface area contributed by atoms with Gasteiger partial charge in [-0.15, -0.1) is 0 Å². The van der Waals surface area contributed by atoms with Crippen LogP contribution in [0.4, 0.5) is 5.82 Å². The van der Waals surface area contributed by atoms with Gasteiger partial charge in [-0.25, -0.2) is 18.4 Å². The van der Waals surface area contributed by atoms with Gasteiger partial charge in [-0.05, 0) is 56.2 Å². The van der Waals surface area contributed by atoms with Crippen molar-refractivity contribution >= 4 is 26.9 Å². The normalized spacial score (nSPS) is 11.4. The van der Waals surface area contributed by atoms with Gasteiger partial charge in [0.2, 0.25) is 5.82 Å². The van der Waals surface area contributed by atoms with Crippen LogP contribution in [-0.4, -0.2) is 18.4 Å². The van der Waals surface area contributed by atoms with Crippen LogP contribution < -0.4 is 9.46 Å². The molecule has 3 aromatic carbocycles. The summed E-state index contributed by atoms with van der Waals surface area (Å²) in [5, 5.41) is 0. The highest BCUT2D eigenvalue weighted by Crippen LogP contribution is 2.34. The van der Waals surface area contributed by atoms with E-state index in [1.54, 1.807) is 30.3 Å². The quantitative estimate of drug-likeness (QED) is 0.484. The first-order valence-corrected chi connectivity index (χ1v) is 10.9. The number of benzene rings is 3. The van der Waals surface area contributed by atoms with Gasteiger partial charge in [0.1, 0.15) is 5.75 Å². The average Bonchev–Trinajstić information content (AvgIpc) is 2.71. The minimum Gasteiger partial charge on any atom is -0.435 e. The molecule has 0 saturated carbocycles. The van der Waals surface area contributed by atoms with Gasteiger partial charge < -0.3 is 4.74 Å². The van der Waals surface area contributed by atoms with E-state index in [4.69, 9.17) is 4.74 Å². The lowest BCUT2D eigenvalue weighted by Crippen LogP contribution is -2.15. The highest BCUT2D eigenvalue weighted by Gasteiger charge is 2.21. The van der Waals surface area contributed by atoms with E-state index in [0.29, 0.717) is 16.8 Å². The number of sulfonamides is 1. The predicted molar refractivity (Wildman–Crippen MR) is 118 cm³/mol. The molecule has 0 fully saturated rings. The van der Waals surface area contributed by atoms with E-state index in [9.17, 15) is 8.42 Å². The Morgan fingerprint density at radius 3 is 2.00 bits per heavy atom. The summed E-state index contributed by atoms with van der Waals surface area (Å²) in [6, 6.07) is 19.4. The van der Waals surface area contributed by atoms with Crippen LogP contribution in [0.3, 0.4) is 0 Å². The summed E-state index contributed by atoms with van der Waals surface area (Å²) in [6.45, 7) is 5.90. The molecular formula is C23H21N3O3S. The van der Waals surface area contributed by atoms with Crippen molar-refractivity contribution in [2.75, 3.05) is 4.72 Å². The number of nitrogens with zero attached hydrogens (tertiary/aromatic N) is 2. The number of aromatic nitrogens is 2. The Morgan fingerprint density at radius 2 is 1.37 bits per heavy atom. The van der Waals surface area contributed by atoms with Gasteiger partial charge in [0.15, 0.2) is 0 Å². The fraction of sp³-hybridized carbons (Fsp3) is 0.130. The lowest BCUT2D eigenvalue weighted by atomic mass is 10.1. The first kappa shape index (κ1) is 19.8. The summed E-state index contributed by atoms with van der Waals surface area (Å²) in [6.07, 6.45) is 0. The molecule has 4 aromatic rings. The smallest absolute Gasteiger partial charge is 0.264 e. The highest BCUT2D eigenvalue weighted by molar-refractivity contribution is 7.92. The molecule has 152 valence electrons. The molecule has 6 nitrogen and oxygen atoms in total. The van der Waals surface area contributed by atoms with Gasteiger partial charge in [-0.3, -0.25) is 4.72 Å². The molecule has 1 heterocycles. The minimum atomic E-state index is -3.86. The molecule has 1 N–H and O–H groups in total. The summed E-state index contributed by atoms with van der Waals surface area (Å²) in [4.78, 5) is 9.16. The number of hydrogen-bond acceptors (Lipinski definition) is 5. The Kier molecular flexibility index (Phi) is 5.13.